The third-order valence-corrected chi connectivity index (χ3v) is 8.01. The van der Waals surface area contributed by atoms with Crippen LogP contribution in [0.25, 0.3) is 32.6 Å². The van der Waals surface area contributed by atoms with E-state index in [1.54, 1.807) is 18.1 Å². The molecule has 0 unspecified atom stereocenters. The Balaban J connectivity index is 1.44. The molecule has 0 bridgehead atoms. The highest BCUT2D eigenvalue weighted by atomic mass is 32.1. The van der Waals surface area contributed by atoms with Gasteiger partial charge in [-0.1, -0.05) is 29.8 Å². The number of aliphatic imine (C=N–C) groups is 1. The van der Waals surface area contributed by atoms with Crippen molar-refractivity contribution in [2.45, 2.75) is 26.2 Å². The summed E-state index contributed by atoms with van der Waals surface area (Å²) in [5.74, 6) is 0.411. The lowest BCUT2D eigenvalue weighted by Gasteiger charge is -2.17. The normalized spacial score (nSPS) is 14.2. The van der Waals surface area contributed by atoms with Crippen LogP contribution in [0.15, 0.2) is 70.3 Å². The number of nitrogens with zero attached hydrogens (tertiary/aromatic N) is 5. The van der Waals surface area contributed by atoms with Gasteiger partial charge in [-0.25, -0.2) is 9.98 Å². The largest absolute Gasteiger partial charge is 0.857 e. The molecule has 198 valence electrons. The number of benzene rings is 2. The van der Waals surface area contributed by atoms with Crippen LogP contribution in [0.5, 0.6) is 5.75 Å². The maximum Gasteiger partial charge on any atom is 0.324 e. The fraction of sp³-hybridized carbons (Fsp3) is 0.241. The fourth-order valence-corrected chi connectivity index (χ4v) is 5.80. The van der Waals surface area contributed by atoms with Crippen LogP contribution in [-0.4, -0.2) is 36.4 Å². The molecule has 0 aliphatic carbocycles. The first-order valence-corrected chi connectivity index (χ1v) is 13.7. The lowest BCUT2D eigenvalue weighted by molar-refractivity contribution is -0.759. The molecule has 2 N–H and O–H groups in total. The molecule has 0 radical (unpaired) electrons. The maximum absolute atomic E-state index is 13.3. The summed E-state index contributed by atoms with van der Waals surface area (Å²) >= 11 is 1.23. The third-order valence-electron chi connectivity index (χ3n) is 6.92. The number of ether oxygens (including phenoxy) is 1. The van der Waals surface area contributed by atoms with Crippen molar-refractivity contribution in [1.29, 1.82) is 0 Å². The number of rotatable bonds is 6. The van der Waals surface area contributed by atoms with Gasteiger partial charge in [0.15, 0.2) is 0 Å². The van der Waals surface area contributed by atoms with Crippen LogP contribution < -0.4 is 25.4 Å². The van der Waals surface area contributed by atoms with Crippen molar-refractivity contribution in [2.24, 2.45) is 4.99 Å². The minimum atomic E-state index is -0.488. The average Bonchev–Trinajstić information content (AvgIpc) is 3.58. The summed E-state index contributed by atoms with van der Waals surface area (Å²) in [4.78, 5) is 11.7. The van der Waals surface area contributed by atoms with E-state index in [2.05, 4.69) is 39.5 Å². The highest BCUT2D eigenvalue weighted by Gasteiger charge is 2.23. The molecule has 2 aromatic carbocycles. The highest BCUT2D eigenvalue weighted by molar-refractivity contribution is 7.21. The summed E-state index contributed by atoms with van der Waals surface area (Å²) in [7, 11) is 1.64. The molecule has 39 heavy (non-hydrogen) atoms. The standard InChI is InChI=1S/C29H28N6O3S/c1-18-6-8-19(9-7-18)22-16-23(20-10-12-21(37-2)13-11-20)31-29-25(22)26(30)27(39-29)28(36)32-24-17-35(33-38-24)34-14-4-3-5-15-34/h6-13,16-17H,3-5,14-15H2,1-2H3,(H2-,30,32,33,36). The van der Waals surface area contributed by atoms with Gasteiger partial charge in [-0.3, -0.25) is 4.52 Å². The summed E-state index contributed by atoms with van der Waals surface area (Å²) in [6.07, 6.45) is 5.02. The summed E-state index contributed by atoms with van der Waals surface area (Å²) in [6, 6.07) is 18.0. The Morgan fingerprint density at radius 1 is 1.08 bits per heavy atom. The molecule has 4 heterocycles. The van der Waals surface area contributed by atoms with E-state index in [0.29, 0.717) is 15.4 Å². The second-order valence-corrected chi connectivity index (χ2v) is 10.6. The van der Waals surface area contributed by atoms with Crippen molar-refractivity contribution in [3.8, 4) is 28.1 Å². The second-order valence-electron chi connectivity index (χ2n) is 9.57. The summed E-state index contributed by atoms with van der Waals surface area (Å²) in [5.41, 5.74) is 11.7. The summed E-state index contributed by atoms with van der Waals surface area (Å²) in [5, 5.41) is 20.2. The van der Waals surface area contributed by atoms with Crippen LogP contribution in [0.3, 0.4) is 0 Å². The van der Waals surface area contributed by atoms with Crippen molar-refractivity contribution >= 4 is 39.0 Å². The number of methoxy groups -OCH3 is 1. The third kappa shape index (κ3) is 4.90. The van der Waals surface area contributed by atoms with E-state index < -0.39 is 5.90 Å². The molecule has 0 saturated carbocycles. The quantitative estimate of drug-likeness (QED) is 0.193. The molecule has 1 fully saturated rings. The van der Waals surface area contributed by atoms with Gasteiger partial charge in [-0.05, 0) is 67.6 Å². The number of hydrogen-bond donors (Lipinski definition) is 1. The lowest BCUT2D eigenvalue weighted by Crippen LogP contribution is -2.60. The SMILES string of the molecule is COc1ccc(-c2cc(-c3ccc(C)cc3)c3c(N)c(/C([O-])=N/c4c[n+](N5CCCCC5)no4)sc3n2)cc1. The number of nitrogens with two attached hydrogens (primary N) is 1. The molecule has 1 aliphatic heterocycles. The molecule has 9 nitrogen and oxygen atoms in total. The maximum atomic E-state index is 13.3. The van der Waals surface area contributed by atoms with Crippen molar-refractivity contribution in [1.82, 2.24) is 10.3 Å². The topological polar surface area (TPSA) is 117 Å². The summed E-state index contributed by atoms with van der Waals surface area (Å²) in [6.45, 7) is 3.82. The molecule has 3 aromatic heterocycles. The van der Waals surface area contributed by atoms with Crippen molar-refractivity contribution in [2.75, 3.05) is 30.9 Å². The number of aromatic nitrogens is 3. The van der Waals surface area contributed by atoms with E-state index in [1.165, 1.54) is 17.8 Å². The first-order chi connectivity index (χ1) is 19.0. The van der Waals surface area contributed by atoms with Crippen molar-refractivity contribution in [3.05, 3.63) is 71.2 Å². The minimum absolute atomic E-state index is 0.132. The van der Waals surface area contributed by atoms with Crippen LogP contribution in [0.1, 0.15) is 29.7 Å². The van der Waals surface area contributed by atoms with Gasteiger partial charge in [0.25, 0.3) is 6.20 Å². The number of piperidine rings is 1. The van der Waals surface area contributed by atoms with Crippen LogP contribution in [0.4, 0.5) is 11.6 Å². The van der Waals surface area contributed by atoms with Gasteiger partial charge in [0, 0.05) is 16.8 Å². The molecule has 1 aliphatic rings. The highest BCUT2D eigenvalue weighted by Crippen LogP contribution is 2.41. The molecule has 1 saturated heterocycles. The van der Waals surface area contributed by atoms with E-state index in [9.17, 15) is 5.11 Å². The predicted molar refractivity (Wildman–Crippen MR) is 151 cm³/mol. The van der Waals surface area contributed by atoms with Crippen molar-refractivity contribution in [3.63, 3.8) is 0 Å². The Bertz CT molecular complexity index is 1650. The van der Waals surface area contributed by atoms with Gasteiger partial charge < -0.3 is 15.6 Å². The zero-order valence-corrected chi connectivity index (χ0v) is 22.6. The van der Waals surface area contributed by atoms with E-state index in [4.69, 9.17) is 20.0 Å². The van der Waals surface area contributed by atoms with Gasteiger partial charge in [0.1, 0.15) is 10.6 Å². The van der Waals surface area contributed by atoms with Crippen LogP contribution in [-0.2, 0) is 0 Å². The number of aryl methyl sites for hydroxylation is 1. The Labute approximate surface area is 229 Å². The predicted octanol–water partition coefficient (Wildman–Crippen LogP) is 4.37. The number of anilines is 1. The minimum Gasteiger partial charge on any atom is -0.857 e. The second kappa shape index (κ2) is 10.4. The van der Waals surface area contributed by atoms with Gasteiger partial charge >= 0.3 is 5.88 Å². The van der Waals surface area contributed by atoms with E-state index >= 15 is 0 Å². The lowest BCUT2D eigenvalue weighted by atomic mass is 9.98. The van der Waals surface area contributed by atoms with E-state index in [1.807, 2.05) is 37.3 Å². The van der Waals surface area contributed by atoms with E-state index in [-0.39, 0.29) is 5.88 Å². The van der Waals surface area contributed by atoms with Crippen molar-refractivity contribution < 1.29 is 19.2 Å². The van der Waals surface area contributed by atoms with Gasteiger partial charge in [0.2, 0.25) is 5.27 Å². The van der Waals surface area contributed by atoms with Gasteiger partial charge in [-0.15, -0.1) is 11.3 Å². The van der Waals surface area contributed by atoms with Gasteiger partial charge in [0.05, 0.1) is 41.2 Å². The zero-order valence-electron chi connectivity index (χ0n) is 21.8. The molecule has 5 aromatic rings. The van der Waals surface area contributed by atoms with Crippen LogP contribution >= 0.6 is 11.3 Å². The number of thiophene rings is 1. The first-order valence-electron chi connectivity index (χ1n) is 12.8. The van der Waals surface area contributed by atoms with E-state index in [0.717, 1.165) is 65.0 Å². The number of hydrogen-bond acceptors (Lipinski definition) is 9. The molecule has 10 heteroatoms. The van der Waals surface area contributed by atoms with Gasteiger partial charge in [-0.2, -0.15) is 5.01 Å². The molecule has 0 amide bonds. The molecular formula is C29H28N6O3S. The molecular weight excluding hydrogens is 512 g/mol. The number of pyridine rings is 1. The Morgan fingerprint density at radius 3 is 2.51 bits per heavy atom. The number of nitrogen functional groups attached to an aromatic ring is 1. The zero-order chi connectivity index (χ0) is 26.9. The number of fused-ring (bicyclic) bond motifs is 1. The van der Waals surface area contributed by atoms with Crippen LogP contribution in [0.2, 0.25) is 0 Å². The molecule has 6 rings (SSSR count). The fourth-order valence-electron chi connectivity index (χ4n) is 4.80. The molecule has 0 spiro atoms. The monoisotopic (exact) mass is 540 g/mol. The van der Waals surface area contributed by atoms with Crippen LogP contribution in [0, 0.1) is 6.92 Å². The summed E-state index contributed by atoms with van der Waals surface area (Å²) < 4.78 is 10.7. The Kier molecular flexibility index (Phi) is 6.62. The average molecular weight is 541 g/mol. The molecule has 0 atom stereocenters. The first kappa shape index (κ1) is 24.9. The Morgan fingerprint density at radius 2 is 1.79 bits per heavy atom. The smallest absolute Gasteiger partial charge is 0.324 e. The Hall–Kier alpha value is -4.44.